The van der Waals surface area contributed by atoms with Gasteiger partial charge in [0.2, 0.25) is 0 Å². The second-order valence-corrected chi connectivity index (χ2v) is 6.48. The maximum absolute atomic E-state index is 11.5. The lowest BCUT2D eigenvalue weighted by Gasteiger charge is -2.15. The number of benzene rings is 3. The van der Waals surface area contributed by atoms with Crippen LogP contribution in [0.2, 0.25) is 0 Å². The Labute approximate surface area is 156 Å². The Kier molecular flexibility index (Phi) is 4.44. The molecule has 0 radical (unpaired) electrons. The van der Waals surface area contributed by atoms with Crippen LogP contribution in [0.1, 0.15) is 34.4 Å². The molecule has 3 aromatic rings. The van der Waals surface area contributed by atoms with Crippen LogP contribution in [0.3, 0.4) is 0 Å². The number of nitrogens with zero attached hydrogens (tertiary/aromatic N) is 1. The average molecular weight is 358 g/mol. The molecule has 2 atom stereocenters. The van der Waals surface area contributed by atoms with E-state index in [1.165, 1.54) is 6.07 Å². The molecule has 0 amide bonds. The highest BCUT2D eigenvalue weighted by Crippen LogP contribution is 2.45. The maximum atomic E-state index is 11.5. The molecular weight excluding hydrogens is 340 g/mol. The highest BCUT2D eigenvalue weighted by molar-refractivity contribution is 5.78. The van der Waals surface area contributed by atoms with E-state index in [2.05, 4.69) is 5.32 Å². The first-order valence-corrected chi connectivity index (χ1v) is 8.68. The summed E-state index contributed by atoms with van der Waals surface area (Å²) in [5.41, 5.74) is 3.63. The summed E-state index contributed by atoms with van der Waals surface area (Å²) >= 11 is 0. The number of anilines is 1. The number of nitro benzene ring substituents is 1. The molecule has 4 rings (SSSR count). The standard InChI is InChI=1S/C22H18N2O3/c25-22-18-13-17(12-11-15-7-3-1-4-8-15)20(24(26)27)14-19(18)23-21(22)16-9-5-2-6-10-16/h1-14,21-23,25H/b12-11-/t21-,22+/m0/s1. The average Bonchev–Trinajstić information content (AvgIpc) is 3.03. The second kappa shape index (κ2) is 7.05. The molecule has 0 spiro atoms. The molecule has 1 aliphatic rings. The highest BCUT2D eigenvalue weighted by Gasteiger charge is 2.33. The van der Waals surface area contributed by atoms with Crippen LogP contribution in [-0.2, 0) is 0 Å². The van der Waals surface area contributed by atoms with Crippen molar-refractivity contribution in [2.45, 2.75) is 12.1 Å². The predicted molar refractivity (Wildman–Crippen MR) is 106 cm³/mol. The third kappa shape index (κ3) is 3.32. The molecule has 134 valence electrons. The zero-order chi connectivity index (χ0) is 18.8. The Morgan fingerprint density at radius 1 is 0.963 bits per heavy atom. The van der Waals surface area contributed by atoms with E-state index in [1.54, 1.807) is 12.1 Å². The highest BCUT2D eigenvalue weighted by atomic mass is 16.6. The zero-order valence-corrected chi connectivity index (χ0v) is 14.4. The summed E-state index contributed by atoms with van der Waals surface area (Å²) in [7, 11) is 0. The summed E-state index contributed by atoms with van der Waals surface area (Å²) in [6.07, 6.45) is 2.78. The Morgan fingerprint density at radius 2 is 1.63 bits per heavy atom. The minimum Gasteiger partial charge on any atom is -0.386 e. The lowest BCUT2D eigenvalue weighted by molar-refractivity contribution is -0.385. The van der Waals surface area contributed by atoms with Gasteiger partial charge < -0.3 is 10.4 Å². The molecule has 2 N–H and O–H groups in total. The molecule has 0 fully saturated rings. The van der Waals surface area contributed by atoms with Gasteiger partial charge in [0.15, 0.2) is 0 Å². The zero-order valence-electron chi connectivity index (χ0n) is 14.4. The minimum absolute atomic E-state index is 0.00865. The summed E-state index contributed by atoms with van der Waals surface area (Å²) < 4.78 is 0. The van der Waals surface area contributed by atoms with Crippen LogP contribution in [0.5, 0.6) is 0 Å². The number of nitro groups is 1. The quantitative estimate of drug-likeness (QED) is 0.392. The van der Waals surface area contributed by atoms with Crippen molar-refractivity contribution in [1.29, 1.82) is 0 Å². The van der Waals surface area contributed by atoms with E-state index in [0.29, 0.717) is 16.8 Å². The summed E-state index contributed by atoms with van der Waals surface area (Å²) in [5.74, 6) is 0. The molecule has 0 aromatic heterocycles. The van der Waals surface area contributed by atoms with Crippen molar-refractivity contribution in [2.24, 2.45) is 0 Å². The van der Waals surface area contributed by atoms with Crippen molar-refractivity contribution < 1.29 is 10.0 Å². The summed E-state index contributed by atoms with van der Waals surface area (Å²) in [6.45, 7) is 0. The fourth-order valence-corrected chi connectivity index (χ4v) is 3.39. The first-order valence-electron chi connectivity index (χ1n) is 8.68. The minimum atomic E-state index is -0.771. The van der Waals surface area contributed by atoms with Gasteiger partial charge in [-0.3, -0.25) is 10.1 Å². The maximum Gasteiger partial charge on any atom is 0.278 e. The van der Waals surface area contributed by atoms with E-state index in [1.807, 2.05) is 66.7 Å². The predicted octanol–water partition coefficient (Wildman–Crippen LogP) is 4.97. The number of nitrogens with one attached hydrogen (secondary N) is 1. The van der Waals surface area contributed by atoms with E-state index in [4.69, 9.17) is 0 Å². The van der Waals surface area contributed by atoms with E-state index < -0.39 is 11.0 Å². The molecule has 1 heterocycles. The van der Waals surface area contributed by atoms with Gasteiger partial charge >= 0.3 is 0 Å². The first-order chi connectivity index (χ1) is 13.1. The SMILES string of the molecule is O=[N+]([O-])c1cc2c(cc1/C=C\c1ccccc1)[C@@H](O)[C@H](c1ccccc1)N2. The van der Waals surface area contributed by atoms with E-state index >= 15 is 0 Å². The van der Waals surface area contributed by atoms with Gasteiger partial charge in [0.1, 0.15) is 6.10 Å². The van der Waals surface area contributed by atoms with Crippen molar-refractivity contribution >= 4 is 23.5 Å². The molecule has 3 aromatic carbocycles. The van der Waals surface area contributed by atoms with Crippen molar-refractivity contribution in [2.75, 3.05) is 5.32 Å². The molecule has 1 aliphatic heterocycles. The van der Waals surface area contributed by atoms with Gasteiger partial charge in [-0.2, -0.15) is 0 Å². The van der Waals surface area contributed by atoms with Gasteiger partial charge in [-0.15, -0.1) is 0 Å². The molecule has 5 heteroatoms. The largest absolute Gasteiger partial charge is 0.386 e. The molecular formula is C22H18N2O3. The fraction of sp³-hybridized carbons (Fsp3) is 0.0909. The van der Waals surface area contributed by atoms with Gasteiger partial charge in [0, 0.05) is 17.3 Å². The van der Waals surface area contributed by atoms with Gasteiger partial charge in [-0.25, -0.2) is 0 Å². The van der Waals surface area contributed by atoms with E-state index in [0.717, 1.165) is 11.1 Å². The topological polar surface area (TPSA) is 75.4 Å². The summed E-state index contributed by atoms with van der Waals surface area (Å²) in [4.78, 5) is 11.2. The molecule has 0 bridgehead atoms. The van der Waals surface area contributed by atoms with Gasteiger partial charge in [0.25, 0.3) is 5.69 Å². The van der Waals surface area contributed by atoms with Crippen molar-refractivity contribution in [1.82, 2.24) is 0 Å². The Morgan fingerprint density at radius 3 is 2.30 bits per heavy atom. The van der Waals surface area contributed by atoms with Gasteiger partial charge in [-0.05, 0) is 23.3 Å². The smallest absolute Gasteiger partial charge is 0.278 e. The number of aliphatic hydroxyl groups excluding tert-OH is 1. The lowest BCUT2D eigenvalue weighted by atomic mass is 9.98. The van der Waals surface area contributed by atoms with Crippen molar-refractivity contribution in [3.8, 4) is 0 Å². The molecule has 5 nitrogen and oxygen atoms in total. The molecule has 0 saturated carbocycles. The number of aliphatic hydroxyl groups is 1. The molecule has 0 saturated heterocycles. The summed E-state index contributed by atoms with van der Waals surface area (Å²) in [5, 5.41) is 25.5. The van der Waals surface area contributed by atoms with Gasteiger partial charge in [-0.1, -0.05) is 66.7 Å². The van der Waals surface area contributed by atoms with Crippen LogP contribution in [0.4, 0.5) is 11.4 Å². The lowest BCUT2D eigenvalue weighted by Crippen LogP contribution is -2.10. The normalized spacial score (nSPS) is 18.3. The number of hydrogen-bond acceptors (Lipinski definition) is 4. The molecule has 0 unspecified atom stereocenters. The first kappa shape index (κ1) is 17.0. The number of rotatable bonds is 4. The summed E-state index contributed by atoms with van der Waals surface area (Å²) in [6, 6.07) is 22.1. The third-order valence-electron chi connectivity index (χ3n) is 4.75. The van der Waals surface area contributed by atoms with Crippen molar-refractivity contribution in [3.05, 3.63) is 105 Å². The molecule has 27 heavy (non-hydrogen) atoms. The molecule has 0 aliphatic carbocycles. The van der Waals surface area contributed by atoms with Crippen molar-refractivity contribution in [3.63, 3.8) is 0 Å². The monoisotopic (exact) mass is 358 g/mol. The Balaban J connectivity index is 1.72. The van der Waals surface area contributed by atoms with Crippen LogP contribution in [0.25, 0.3) is 12.2 Å². The van der Waals surface area contributed by atoms with Crippen LogP contribution in [0, 0.1) is 10.1 Å². The van der Waals surface area contributed by atoms with E-state index in [-0.39, 0.29) is 11.7 Å². The Bertz CT molecular complexity index is 1000. The fourth-order valence-electron chi connectivity index (χ4n) is 3.39. The van der Waals surface area contributed by atoms with E-state index in [9.17, 15) is 15.2 Å². The number of fused-ring (bicyclic) bond motifs is 1. The van der Waals surface area contributed by atoms with Crippen LogP contribution in [-0.4, -0.2) is 10.0 Å². The number of hydrogen-bond donors (Lipinski definition) is 2. The van der Waals surface area contributed by atoms with Crippen LogP contribution < -0.4 is 5.32 Å². The van der Waals surface area contributed by atoms with Crippen LogP contribution in [0.15, 0.2) is 72.8 Å². The Hall–Kier alpha value is -3.44. The van der Waals surface area contributed by atoms with Crippen LogP contribution >= 0.6 is 0 Å². The third-order valence-corrected chi connectivity index (χ3v) is 4.75. The second-order valence-electron chi connectivity index (χ2n) is 6.48. The van der Waals surface area contributed by atoms with Gasteiger partial charge in [0.05, 0.1) is 16.5 Å².